The van der Waals surface area contributed by atoms with Crippen LogP contribution in [0.15, 0.2) is 34.8 Å². The average molecular weight is 447 g/mol. The number of nitrogens with one attached hydrogen (secondary N) is 2. The number of thioether (sulfide) groups is 1. The second-order valence-electron chi connectivity index (χ2n) is 6.45. The summed E-state index contributed by atoms with van der Waals surface area (Å²) in [5.74, 6) is 0.839. The van der Waals surface area contributed by atoms with Crippen LogP contribution in [-0.4, -0.2) is 43.9 Å². The normalized spacial score (nSPS) is 11.7. The molecule has 3 aromatic rings. The van der Waals surface area contributed by atoms with Gasteiger partial charge in [-0.1, -0.05) is 11.8 Å². The van der Waals surface area contributed by atoms with Crippen LogP contribution >= 0.6 is 23.1 Å². The van der Waals surface area contributed by atoms with Crippen molar-refractivity contribution in [2.24, 2.45) is 7.05 Å². The molecule has 2 heterocycles. The van der Waals surface area contributed by atoms with E-state index < -0.39 is 5.25 Å². The monoisotopic (exact) mass is 446 g/mol. The number of rotatable bonds is 8. The molecule has 0 saturated carbocycles. The molecule has 0 bridgehead atoms. The second kappa shape index (κ2) is 9.72. The maximum Gasteiger partial charge on any atom is 0.239 e. The number of methoxy groups -OCH3 is 1. The van der Waals surface area contributed by atoms with Crippen LogP contribution in [0.2, 0.25) is 0 Å². The Hall–Kier alpha value is -2.92. The molecule has 1 atom stereocenters. The number of nitrogens with zero attached hydrogens (tertiary/aromatic N) is 4. The maximum atomic E-state index is 12.4. The van der Waals surface area contributed by atoms with E-state index in [-0.39, 0.29) is 18.2 Å². The fraction of sp³-hybridized carbons (Fsp3) is 0.316. The minimum absolute atomic E-state index is 0.0645. The molecule has 0 aliphatic rings. The zero-order valence-electron chi connectivity index (χ0n) is 17.0. The number of carbonyl (C=O) groups is 2. The van der Waals surface area contributed by atoms with Gasteiger partial charge in [0.25, 0.3) is 0 Å². The highest BCUT2D eigenvalue weighted by molar-refractivity contribution is 8.00. The second-order valence-corrected chi connectivity index (χ2v) is 8.62. The molecule has 0 aliphatic heterocycles. The van der Waals surface area contributed by atoms with Gasteiger partial charge < -0.3 is 19.9 Å². The smallest absolute Gasteiger partial charge is 0.239 e. The highest BCUT2D eigenvalue weighted by Gasteiger charge is 2.20. The summed E-state index contributed by atoms with van der Waals surface area (Å²) in [5.41, 5.74) is 1.53. The van der Waals surface area contributed by atoms with E-state index in [4.69, 9.17) is 4.74 Å². The van der Waals surface area contributed by atoms with Crippen molar-refractivity contribution < 1.29 is 14.3 Å². The molecule has 0 saturated heterocycles. The van der Waals surface area contributed by atoms with E-state index in [9.17, 15) is 9.59 Å². The molecule has 11 heteroatoms. The quantitative estimate of drug-likeness (QED) is 0.512. The number of amides is 2. The molecule has 30 heavy (non-hydrogen) atoms. The van der Waals surface area contributed by atoms with E-state index in [1.807, 2.05) is 12.3 Å². The van der Waals surface area contributed by atoms with E-state index in [0.717, 1.165) is 5.69 Å². The van der Waals surface area contributed by atoms with Crippen molar-refractivity contribution in [1.82, 2.24) is 19.7 Å². The third kappa shape index (κ3) is 5.57. The van der Waals surface area contributed by atoms with Gasteiger partial charge in [-0.15, -0.1) is 21.5 Å². The molecule has 1 aromatic carbocycles. The van der Waals surface area contributed by atoms with Crippen LogP contribution in [-0.2, 0) is 23.1 Å². The molecule has 2 aromatic heterocycles. The van der Waals surface area contributed by atoms with Crippen molar-refractivity contribution >= 4 is 45.7 Å². The van der Waals surface area contributed by atoms with Crippen LogP contribution in [0.4, 0.5) is 10.8 Å². The topological polar surface area (TPSA) is 111 Å². The van der Waals surface area contributed by atoms with E-state index in [1.54, 1.807) is 49.9 Å². The summed E-state index contributed by atoms with van der Waals surface area (Å²) in [7, 11) is 3.36. The third-order valence-corrected chi connectivity index (χ3v) is 6.13. The maximum absolute atomic E-state index is 12.4. The van der Waals surface area contributed by atoms with E-state index in [2.05, 4.69) is 25.8 Å². The molecule has 2 amide bonds. The average Bonchev–Trinajstić information content (AvgIpc) is 3.28. The van der Waals surface area contributed by atoms with Gasteiger partial charge in [-0.25, -0.2) is 4.98 Å². The van der Waals surface area contributed by atoms with Gasteiger partial charge in [-0.05, 0) is 38.1 Å². The fourth-order valence-electron chi connectivity index (χ4n) is 2.45. The van der Waals surface area contributed by atoms with Gasteiger partial charge in [0.1, 0.15) is 11.6 Å². The molecule has 2 N–H and O–H groups in total. The van der Waals surface area contributed by atoms with Gasteiger partial charge >= 0.3 is 0 Å². The summed E-state index contributed by atoms with van der Waals surface area (Å²) in [4.78, 5) is 28.9. The SMILES string of the molecule is COc1ccc(NC(=O)Cc2nnc(SC(C)C(=O)Nc3nc(C)cs3)n2C)cc1. The Morgan fingerprint density at radius 3 is 2.60 bits per heavy atom. The Bertz CT molecular complexity index is 1030. The lowest BCUT2D eigenvalue weighted by molar-refractivity contribution is -0.116. The van der Waals surface area contributed by atoms with Crippen LogP contribution in [0.25, 0.3) is 0 Å². The van der Waals surface area contributed by atoms with Crippen molar-refractivity contribution in [1.29, 1.82) is 0 Å². The van der Waals surface area contributed by atoms with Gasteiger partial charge in [0.05, 0.1) is 24.5 Å². The van der Waals surface area contributed by atoms with Crippen LogP contribution < -0.4 is 15.4 Å². The van der Waals surface area contributed by atoms with Crippen molar-refractivity contribution in [3.63, 3.8) is 0 Å². The number of aromatic nitrogens is 4. The predicted octanol–water partition coefficient (Wildman–Crippen LogP) is 2.89. The number of ether oxygens (including phenoxy) is 1. The number of carbonyl (C=O) groups excluding carboxylic acids is 2. The van der Waals surface area contributed by atoms with Crippen LogP contribution in [0.3, 0.4) is 0 Å². The summed E-state index contributed by atoms with van der Waals surface area (Å²) in [6, 6.07) is 7.07. The molecular weight excluding hydrogens is 424 g/mol. The minimum atomic E-state index is -0.405. The number of thiazole rings is 1. The van der Waals surface area contributed by atoms with Crippen LogP contribution in [0.1, 0.15) is 18.4 Å². The standard InChI is InChI=1S/C19H22N6O3S2/c1-11-10-29-18(20-11)22-17(27)12(2)30-19-24-23-15(25(19)3)9-16(26)21-13-5-7-14(28-4)8-6-13/h5-8,10,12H,9H2,1-4H3,(H,21,26)(H,20,22,27). The third-order valence-electron chi connectivity index (χ3n) is 4.12. The zero-order chi connectivity index (χ0) is 21.7. The highest BCUT2D eigenvalue weighted by atomic mass is 32.2. The number of anilines is 2. The van der Waals surface area contributed by atoms with Crippen molar-refractivity contribution in [2.75, 3.05) is 17.7 Å². The summed E-state index contributed by atoms with van der Waals surface area (Å²) < 4.78 is 6.82. The van der Waals surface area contributed by atoms with E-state index >= 15 is 0 Å². The molecule has 9 nitrogen and oxygen atoms in total. The van der Waals surface area contributed by atoms with Crippen molar-refractivity contribution in [2.45, 2.75) is 30.7 Å². The van der Waals surface area contributed by atoms with E-state index in [0.29, 0.717) is 27.5 Å². The summed E-state index contributed by atoms with van der Waals surface area (Å²) in [6.45, 7) is 3.65. The lowest BCUT2D eigenvalue weighted by atomic mass is 10.3. The number of hydrogen-bond acceptors (Lipinski definition) is 8. The fourth-order valence-corrected chi connectivity index (χ4v) is 3.98. The Balaban J connectivity index is 1.56. The molecule has 158 valence electrons. The van der Waals surface area contributed by atoms with Gasteiger partial charge in [-0.3, -0.25) is 9.59 Å². The van der Waals surface area contributed by atoms with Crippen LogP contribution in [0.5, 0.6) is 5.75 Å². The van der Waals surface area contributed by atoms with Crippen molar-refractivity contribution in [3.05, 3.63) is 41.2 Å². The minimum Gasteiger partial charge on any atom is -0.497 e. The first-order valence-corrected chi connectivity index (χ1v) is 10.8. The van der Waals surface area contributed by atoms with Crippen molar-refractivity contribution in [3.8, 4) is 5.75 Å². The number of aryl methyl sites for hydroxylation is 1. The Kier molecular flexibility index (Phi) is 7.06. The first kappa shape index (κ1) is 21.8. The Labute approximate surface area is 182 Å². The highest BCUT2D eigenvalue weighted by Crippen LogP contribution is 2.24. The Morgan fingerprint density at radius 1 is 1.23 bits per heavy atom. The van der Waals surface area contributed by atoms with Gasteiger partial charge in [0.15, 0.2) is 10.3 Å². The predicted molar refractivity (Wildman–Crippen MR) is 117 cm³/mol. The summed E-state index contributed by atoms with van der Waals surface area (Å²) >= 11 is 2.65. The lowest BCUT2D eigenvalue weighted by Crippen LogP contribution is -2.23. The number of hydrogen-bond donors (Lipinski definition) is 2. The summed E-state index contributed by atoms with van der Waals surface area (Å²) in [6.07, 6.45) is 0.0645. The molecular formula is C19H22N6O3S2. The number of benzene rings is 1. The Morgan fingerprint density at radius 2 is 1.97 bits per heavy atom. The molecule has 0 spiro atoms. The van der Waals surface area contributed by atoms with Crippen LogP contribution in [0, 0.1) is 6.92 Å². The zero-order valence-corrected chi connectivity index (χ0v) is 18.6. The molecule has 0 aliphatic carbocycles. The lowest BCUT2D eigenvalue weighted by Gasteiger charge is -2.10. The first-order chi connectivity index (χ1) is 14.4. The molecule has 3 rings (SSSR count). The van der Waals surface area contributed by atoms with E-state index in [1.165, 1.54) is 23.1 Å². The molecule has 1 unspecified atom stereocenters. The largest absolute Gasteiger partial charge is 0.497 e. The molecule has 0 fully saturated rings. The summed E-state index contributed by atoms with van der Waals surface area (Å²) in [5, 5.41) is 16.4. The van der Waals surface area contributed by atoms with Gasteiger partial charge in [-0.2, -0.15) is 0 Å². The molecule has 0 radical (unpaired) electrons. The van der Waals surface area contributed by atoms with Gasteiger partial charge in [0.2, 0.25) is 11.8 Å². The van der Waals surface area contributed by atoms with Gasteiger partial charge in [0, 0.05) is 18.1 Å². The first-order valence-electron chi connectivity index (χ1n) is 9.07.